The van der Waals surface area contributed by atoms with Crippen LogP contribution in [0.5, 0.6) is 11.5 Å². The molecule has 0 bridgehead atoms. The van der Waals surface area contributed by atoms with Gasteiger partial charge in [0.05, 0.1) is 34.5 Å². The molecule has 8 nitrogen and oxygen atoms in total. The van der Waals surface area contributed by atoms with E-state index in [4.69, 9.17) is 26.1 Å². The summed E-state index contributed by atoms with van der Waals surface area (Å²) in [5, 5.41) is 5.76. The summed E-state index contributed by atoms with van der Waals surface area (Å²) in [6, 6.07) is 17.8. The molecule has 6 rings (SSSR count). The van der Waals surface area contributed by atoms with Crippen molar-refractivity contribution < 1.29 is 9.47 Å². The van der Waals surface area contributed by atoms with Crippen LogP contribution in [0.4, 0.5) is 11.5 Å². The topological polar surface area (TPSA) is 75.6 Å². The van der Waals surface area contributed by atoms with Crippen LogP contribution in [-0.2, 0) is 0 Å². The average Bonchev–Trinajstić information content (AvgIpc) is 3.40. The van der Waals surface area contributed by atoms with Gasteiger partial charge >= 0.3 is 0 Å². The van der Waals surface area contributed by atoms with Crippen molar-refractivity contribution in [3.63, 3.8) is 0 Å². The Hall–Kier alpha value is -3.50. The fourth-order valence-electron chi connectivity index (χ4n) is 4.87. The van der Waals surface area contributed by atoms with Crippen molar-refractivity contribution >= 4 is 55.6 Å². The molecular formula is C30H31ClN6O2S. The van der Waals surface area contributed by atoms with E-state index in [2.05, 4.69) is 38.2 Å². The molecule has 0 amide bonds. The zero-order chi connectivity index (χ0) is 27.5. The van der Waals surface area contributed by atoms with E-state index in [-0.39, 0.29) is 0 Å². The van der Waals surface area contributed by atoms with Gasteiger partial charge in [0.15, 0.2) is 11.5 Å². The number of methoxy groups -OCH3 is 1. The summed E-state index contributed by atoms with van der Waals surface area (Å²) in [7, 11) is 3.82. The quantitative estimate of drug-likeness (QED) is 0.205. The minimum atomic E-state index is 0.605. The Labute approximate surface area is 242 Å². The highest BCUT2D eigenvalue weighted by atomic mass is 35.5. The van der Waals surface area contributed by atoms with E-state index in [9.17, 15) is 0 Å². The number of anilines is 2. The second-order valence-corrected chi connectivity index (χ2v) is 11.3. The minimum absolute atomic E-state index is 0.605. The summed E-state index contributed by atoms with van der Waals surface area (Å²) in [6.07, 6.45) is 2.48. The number of ether oxygens (including phenoxy) is 2. The van der Waals surface area contributed by atoms with E-state index >= 15 is 0 Å². The summed E-state index contributed by atoms with van der Waals surface area (Å²) < 4.78 is 12.9. The van der Waals surface area contributed by atoms with Crippen molar-refractivity contribution in [1.82, 2.24) is 24.8 Å². The lowest BCUT2D eigenvalue weighted by molar-refractivity contribution is 0.145. The predicted molar refractivity (Wildman–Crippen MR) is 163 cm³/mol. The Morgan fingerprint density at radius 2 is 1.82 bits per heavy atom. The SMILES string of the molecule is COc1cc2ncnc(Nc3ccc(-c4nc5ccccc5s4)c(Cl)c3)c2cc1OCCCN1CCN(C)CC1. The number of likely N-dealkylation sites (N-methyl/N-ethyl adjacent to an activating group) is 1. The molecule has 1 aliphatic heterocycles. The molecule has 0 aliphatic carbocycles. The number of fused-ring (bicyclic) bond motifs is 2. The molecule has 1 saturated heterocycles. The van der Waals surface area contributed by atoms with Crippen LogP contribution in [0, 0.1) is 0 Å². The van der Waals surface area contributed by atoms with Gasteiger partial charge in [-0.3, -0.25) is 0 Å². The maximum atomic E-state index is 6.73. The number of aromatic nitrogens is 3. The molecule has 0 spiro atoms. The Balaban J connectivity index is 1.19. The molecule has 2 aromatic heterocycles. The largest absolute Gasteiger partial charge is 0.493 e. The highest BCUT2D eigenvalue weighted by Crippen LogP contribution is 2.38. The van der Waals surface area contributed by atoms with E-state index in [0.717, 1.165) is 76.5 Å². The van der Waals surface area contributed by atoms with E-state index in [1.807, 2.05) is 48.5 Å². The molecular weight excluding hydrogens is 544 g/mol. The number of thiazole rings is 1. The molecule has 5 aromatic rings. The number of hydrogen-bond donors (Lipinski definition) is 1. The molecule has 0 saturated carbocycles. The highest BCUT2D eigenvalue weighted by molar-refractivity contribution is 7.21. The van der Waals surface area contributed by atoms with E-state index in [1.165, 1.54) is 6.33 Å². The van der Waals surface area contributed by atoms with Crippen molar-refractivity contribution in [1.29, 1.82) is 0 Å². The predicted octanol–water partition coefficient (Wildman–Crippen LogP) is 6.33. The van der Waals surface area contributed by atoms with Crippen molar-refractivity contribution in [2.75, 3.05) is 58.8 Å². The fraction of sp³-hybridized carbons (Fsp3) is 0.300. The standard InChI is InChI=1S/C30H31ClN6O2S/c1-36-11-13-37(14-12-36)10-5-15-39-27-17-22-25(18-26(27)38-2)32-19-33-29(22)34-20-8-9-21(23(31)16-20)30-35-24-6-3-4-7-28(24)40-30/h3-4,6-9,16-19H,5,10-15H2,1-2H3,(H,32,33,34). The smallest absolute Gasteiger partial charge is 0.162 e. The van der Waals surface area contributed by atoms with E-state index < -0.39 is 0 Å². The summed E-state index contributed by atoms with van der Waals surface area (Å²) in [6.45, 7) is 6.07. The third-order valence-electron chi connectivity index (χ3n) is 7.15. The first kappa shape index (κ1) is 26.7. The first-order chi connectivity index (χ1) is 19.6. The number of benzene rings is 3. The van der Waals surface area contributed by atoms with Crippen LogP contribution in [0.3, 0.4) is 0 Å². The molecule has 3 aromatic carbocycles. The molecule has 1 N–H and O–H groups in total. The summed E-state index contributed by atoms with van der Waals surface area (Å²) >= 11 is 8.36. The molecule has 0 radical (unpaired) electrons. The zero-order valence-electron chi connectivity index (χ0n) is 22.6. The lowest BCUT2D eigenvalue weighted by atomic mass is 10.2. The van der Waals surface area contributed by atoms with Gasteiger partial charge in [-0.05, 0) is 49.9 Å². The van der Waals surface area contributed by atoms with Crippen LogP contribution < -0.4 is 14.8 Å². The third kappa shape index (κ3) is 5.83. The fourth-order valence-corrected chi connectivity index (χ4v) is 6.20. The molecule has 1 fully saturated rings. The Morgan fingerprint density at radius 1 is 0.975 bits per heavy atom. The number of nitrogens with zero attached hydrogens (tertiary/aromatic N) is 5. The lowest BCUT2D eigenvalue weighted by Crippen LogP contribution is -2.44. The van der Waals surface area contributed by atoms with Gasteiger partial charge in [0.25, 0.3) is 0 Å². The van der Waals surface area contributed by atoms with Crippen molar-refractivity contribution in [3.05, 3.63) is 65.9 Å². The number of hydrogen-bond acceptors (Lipinski definition) is 9. The van der Waals surface area contributed by atoms with Gasteiger partial charge in [-0.15, -0.1) is 11.3 Å². The van der Waals surface area contributed by atoms with Gasteiger partial charge in [-0.1, -0.05) is 23.7 Å². The maximum absolute atomic E-state index is 6.73. The van der Waals surface area contributed by atoms with E-state index in [0.29, 0.717) is 28.9 Å². The summed E-state index contributed by atoms with van der Waals surface area (Å²) in [5.41, 5.74) is 3.45. The Kier molecular flexibility index (Phi) is 7.97. The van der Waals surface area contributed by atoms with Gasteiger partial charge in [-0.2, -0.15) is 0 Å². The van der Waals surface area contributed by atoms with Crippen LogP contribution in [0.2, 0.25) is 5.02 Å². The zero-order valence-corrected chi connectivity index (χ0v) is 24.1. The van der Waals surface area contributed by atoms with Gasteiger partial charge in [0, 0.05) is 55.4 Å². The first-order valence-corrected chi connectivity index (χ1v) is 14.6. The van der Waals surface area contributed by atoms with Gasteiger partial charge < -0.3 is 24.6 Å². The number of halogens is 1. The van der Waals surface area contributed by atoms with Crippen LogP contribution in [0.15, 0.2) is 60.9 Å². The summed E-state index contributed by atoms with van der Waals surface area (Å²) in [5.74, 6) is 1.99. The molecule has 206 valence electrons. The normalized spacial score (nSPS) is 14.6. The van der Waals surface area contributed by atoms with Gasteiger partial charge in [0.1, 0.15) is 17.2 Å². The molecule has 3 heterocycles. The number of rotatable bonds is 9. The Morgan fingerprint density at radius 3 is 2.62 bits per heavy atom. The van der Waals surface area contributed by atoms with Gasteiger partial charge in [-0.25, -0.2) is 15.0 Å². The van der Waals surface area contributed by atoms with Crippen LogP contribution in [0.1, 0.15) is 6.42 Å². The first-order valence-electron chi connectivity index (χ1n) is 13.4. The monoisotopic (exact) mass is 574 g/mol. The molecule has 10 heteroatoms. The highest BCUT2D eigenvalue weighted by Gasteiger charge is 2.16. The summed E-state index contributed by atoms with van der Waals surface area (Å²) in [4.78, 5) is 18.6. The molecule has 0 unspecified atom stereocenters. The van der Waals surface area contributed by atoms with Gasteiger partial charge in [0.2, 0.25) is 0 Å². The van der Waals surface area contributed by atoms with Crippen LogP contribution >= 0.6 is 22.9 Å². The molecule has 1 aliphatic rings. The number of nitrogens with one attached hydrogen (secondary N) is 1. The number of piperazine rings is 1. The molecule has 40 heavy (non-hydrogen) atoms. The minimum Gasteiger partial charge on any atom is -0.493 e. The molecule has 0 atom stereocenters. The number of para-hydroxylation sites is 1. The second kappa shape index (κ2) is 11.9. The van der Waals surface area contributed by atoms with E-state index in [1.54, 1.807) is 18.4 Å². The second-order valence-electron chi connectivity index (χ2n) is 9.90. The van der Waals surface area contributed by atoms with Crippen molar-refractivity contribution in [2.24, 2.45) is 0 Å². The Bertz CT molecular complexity index is 1600. The average molecular weight is 575 g/mol. The lowest BCUT2D eigenvalue weighted by Gasteiger charge is -2.32. The van der Waals surface area contributed by atoms with Crippen LogP contribution in [-0.4, -0.2) is 78.2 Å². The van der Waals surface area contributed by atoms with Crippen molar-refractivity contribution in [3.8, 4) is 22.1 Å². The van der Waals surface area contributed by atoms with Crippen LogP contribution in [0.25, 0.3) is 31.7 Å². The van der Waals surface area contributed by atoms with Crippen molar-refractivity contribution in [2.45, 2.75) is 6.42 Å². The maximum Gasteiger partial charge on any atom is 0.162 e. The third-order valence-corrected chi connectivity index (χ3v) is 8.53.